The first-order valence-electron chi connectivity index (χ1n) is 12.6. The van der Waals surface area contributed by atoms with Gasteiger partial charge in [0.25, 0.3) is 0 Å². The van der Waals surface area contributed by atoms with Gasteiger partial charge in [0, 0.05) is 23.5 Å². The quantitative estimate of drug-likeness (QED) is 0.185. The molecular formula is C29H27F3N6OS. The molecule has 0 radical (unpaired) electrons. The number of thioether (sulfide) groups is 1. The summed E-state index contributed by atoms with van der Waals surface area (Å²) in [7, 11) is 0. The van der Waals surface area contributed by atoms with Crippen LogP contribution in [0.3, 0.4) is 0 Å². The molecule has 11 heteroatoms. The highest BCUT2D eigenvalue weighted by Crippen LogP contribution is 2.32. The average molecular weight is 565 g/mol. The van der Waals surface area contributed by atoms with Gasteiger partial charge in [-0.15, -0.1) is 23.4 Å². The summed E-state index contributed by atoms with van der Waals surface area (Å²) < 4.78 is 42.6. The van der Waals surface area contributed by atoms with E-state index in [1.165, 1.54) is 57.7 Å². The summed E-state index contributed by atoms with van der Waals surface area (Å²) in [5.41, 5.74) is 7.14. The summed E-state index contributed by atoms with van der Waals surface area (Å²) in [4.78, 5) is 6.59. The highest BCUT2D eigenvalue weighted by molar-refractivity contribution is 8.14. The Hall–Kier alpha value is -4.12. The Kier molecular flexibility index (Phi) is 7.92. The molecule has 5 rings (SSSR count). The average Bonchev–Trinajstić information content (AvgIpc) is 3.39. The van der Waals surface area contributed by atoms with Crippen molar-refractivity contribution in [3.05, 3.63) is 89.2 Å². The molecule has 7 nitrogen and oxygen atoms in total. The molecule has 0 unspecified atom stereocenters. The number of alkyl halides is 3. The minimum atomic E-state index is -4.74. The number of rotatable bonds is 6. The highest BCUT2D eigenvalue weighted by Gasteiger charge is 2.31. The van der Waals surface area contributed by atoms with Gasteiger partial charge < -0.3 is 9.64 Å². The monoisotopic (exact) mass is 564 g/mol. The van der Waals surface area contributed by atoms with Crippen molar-refractivity contribution in [3.8, 4) is 22.8 Å². The Bertz CT molecular complexity index is 1520. The van der Waals surface area contributed by atoms with Crippen molar-refractivity contribution in [3.63, 3.8) is 0 Å². The van der Waals surface area contributed by atoms with Gasteiger partial charge in [0.05, 0.1) is 11.9 Å². The number of nitrogens with zero attached hydrogens (tertiary/aromatic N) is 6. The van der Waals surface area contributed by atoms with Crippen LogP contribution in [0.1, 0.15) is 28.7 Å². The molecule has 1 aliphatic rings. The Balaban J connectivity index is 1.27. The molecule has 0 atom stereocenters. The minimum Gasteiger partial charge on any atom is -0.406 e. The maximum Gasteiger partial charge on any atom is 0.573 e. The van der Waals surface area contributed by atoms with Crippen molar-refractivity contribution in [1.29, 1.82) is 0 Å². The topological polar surface area (TPSA) is 67.9 Å². The maximum absolute atomic E-state index is 12.4. The Morgan fingerprint density at radius 3 is 2.35 bits per heavy atom. The van der Waals surface area contributed by atoms with Crippen LogP contribution in [-0.4, -0.2) is 44.8 Å². The Morgan fingerprint density at radius 2 is 1.68 bits per heavy atom. The van der Waals surface area contributed by atoms with Crippen LogP contribution in [0.25, 0.3) is 17.1 Å². The van der Waals surface area contributed by atoms with E-state index in [4.69, 9.17) is 0 Å². The van der Waals surface area contributed by atoms with Gasteiger partial charge in [-0.1, -0.05) is 53.7 Å². The smallest absolute Gasteiger partial charge is 0.406 e. The second-order valence-corrected chi connectivity index (χ2v) is 10.5. The number of ether oxygens (including phenoxy) is 1. The van der Waals surface area contributed by atoms with Gasteiger partial charge in [-0.3, -0.25) is 0 Å². The largest absolute Gasteiger partial charge is 0.573 e. The van der Waals surface area contributed by atoms with Crippen molar-refractivity contribution in [2.45, 2.75) is 33.6 Å². The van der Waals surface area contributed by atoms with Crippen LogP contribution in [0.2, 0.25) is 0 Å². The third-order valence-electron chi connectivity index (χ3n) is 6.24. The van der Waals surface area contributed by atoms with E-state index in [0.717, 1.165) is 35.0 Å². The van der Waals surface area contributed by atoms with Crippen molar-refractivity contribution in [1.82, 2.24) is 14.8 Å². The number of hydrogen-bond donors (Lipinski definition) is 0. The molecule has 0 aliphatic carbocycles. The standard InChI is InChI=1S/C29H27F3N6OS/c1-19-15-20(2)26(21(3)16-19)37-13-4-14-40-28(37)35-34-17-22-5-7-23(8-6-22)27-33-18-38(36-27)24-9-11-25(12-10-24)39-29(30,31)32/h5-12,15-18H,4,13-14H2,1-3H3/b34-17+,35-28-. The summed E-state index contributed by atoms with van der Waals surface area (Å²) >= 11 is 1.71. The van der Waals surface area contributed by atoms with Crippen LogP contribution >= 0.6 is 11.8 Å². The molecule has 206 valence electrons. The van der Waals surface area contributed by atoms with Crippen LogP contribution < -0.4 is 9.64 Å². The fraction of sp³-hybridized carbons (Fsp3) is 0.241. The molecule has 0 spiro atoms. The lowest BCUT2D eigenvalue weighted by Gasteiger charge is -2.31. The van der Waals surface area contributed by atoms with Gasteiger partial charge in [0.15, 0.2) is 11.0 Å². The lowest BCUT2D eigenvalue weighted by atomic mass is 10.0. The zero-order valence-corrected chi connectivity index (χ0v) is 23.0. The second-order valence-electron chi connectivity index (χ2n) is 9.40. The number of halogens is 3. The van der Waals surface area contributed by atoms with Gasteiger partial charge in [-0.2, -0.15) is 5.10 Å². The number of benzene rings is 3. The van der Waals surface area contributed by atoms with Gasteiger partial charge in [-0.05, 0) is 68.1 Å². The first kappa shape index (κ1) is 27.4. The molecule has 0 N–H and O–H groups in total. The fourth-order valence-electron chi connectivity index (χ4n) is 4.63. The molecule has 1 fully saturated rings. The molecule has 0 amide bonds. The normalized spacial score (nSPS) is 15.2. The summed E-state index contributed by atoms with van der Waals surface area (Å²) in [5.74, 6) is 1.20. The predicted octanol–water partition coefficient (Wildman–Crippen LogP) is 7.09. The fourth-order valence-corrected chi connectivity index (χ4v) is 5.53. The zero-order chi connectivity index (χ0) is 28.3. The van der Waals surface area contributed by atoms with E-state index < -0.39 is 6.36 Å². The summed E-state index contributed by atoms with van der Waals surface area (Å²) in [6, 6.07) is 17.4. The van der Waals surface area contributed by atoms with Crippen molar-refractivity contribution in [2.24, 2.45) is 10.2 Å². The van der Waals surface area contributed by atoms with Crippen LogP contribution in [0.4, 0.5) is 18.9 Å². The molecule has 0 saturated carbocycles. The van der Waals surface area contributed by atoms with E-state index in [2.05, 4.69) is 62.8 Å². The SMILES string of the molecule is Cc1cc(C)c(N2CCCS/C2=N\N=C\c2ccc(-c3ncn(-c4ccc(OC(F)(F)F)cc4)n3)cc2)c(C)c1. The Labute approximate surface area is 234 Å². The highest BCUT2D eigenvalue weighted by atomic mass is 32.2. The van der Waals surface area contributed by atoms with E-state index in [-0.39, 0.29) is 5.75 Å². The number of amidine groups is 1. The van der Waals surface area contributed by atoms with E-state index in [1.807, 2.05) is 24.3 Å². The second kappa shape index (κ2) is 11.5. The lowest BCUT2D eigenvalue weighted by Crippen LogP contribution is -2.35. The van der Waals surface area contributed by atoms with Crippen LogP contribution in [0.5, 0.6) is 5.75 Å². The number of anilines is 1. The first-order valence-corrected chi connectivity index (χ1v) is 13.6. The molecular weight excluding hydrogens is 537 g/mol. The third kappa shape index (κ3) is 6.53. The molecule has 3 aromatic carbocycles. The zero-order valence-electron chi connectivity index (χ0n) is 22.2. The van der Waals surface area contributed by atoms with Gasteiger partial charge >= 0.3 is 6.36 Å². The predicted molar refractivity (Wildman–Crippen MR) is 154 cm³/mol. The van der Waals surface area contributed by atoms with E-state index in [0.29, 0.717) is 11.5 Å². The van der Waals surface area contributed by atoms with Crippen LogP contribution in [0, 0.1) is 20.8 Å². The molecule has 1 saturated heterocycles. The maximum atomic E-state index is 12.4. The van der Waals surface area contributed by atoms with E-state index in [9.17, 15) is 13.2 Å². The first-order chi connectivity index (χ1) is 19.2. The Morgan fingerprint density at radius 1 is 0.975 bits per heavy atom. The number of aryl methyl sites for hydroxylation is 3. The van der Waals surface area contributed by atoms with Crippen LogP contribution in [-0.2, 0) is 0 Å². The van der Waals surface area contributed by atoms with Gasteiger partial charge in [0.1, 0.15) is 12.1 Å². The molecule has 1 aromatic heterocycles. The summed E-state index contributed by atoms with van der Waals surface area (Å²) in [6.07, 6.45) is -0.426. The third-order valence-corrected chi connectivity index (χ3v) is 7.29. The van der Waals surface area contributed by atoms with Crippen molar-refractivity contribution < 1.29 is 17.9 Å². The van der Waals surface area contributed by atoms with Crippen molar-refractivity contribution >= 4 is 28.8 Å². The number of hydrogen-bond acceptors (Lipinski definition) is 6. The van der Waals surface area contributed by atoms with Gasteiger partial charge in [-0.25, -0.2) is 9.67 Å². The molecule has 1 aliphatic heterocycles. The van der Waals surface area contributed by atoms with Crippen LogP contribution in [0.15, 0.2) is 77.2 Å². The molecule has 2 heterocycles. The number of aromatic nitrogens is 3. The minimum absolute atomic E-state index is 0.297. The van der Waals surface area contributed by atoms with Crippen molar-refractivity contribution in [2.75, 3.05) is 17.2 Å². The van der Waals surface area contributed by atoms with E-state index in [1.54, 1.807) is 18.0 Å². The molecule has 40 heavy (non-hydrogen) atoms. The molecule has 4 aromatic rings. The summed E-state index contributed by atoms with van der Waals surface area (Å²) in [5, 5.41) is 14.3. The van der Waals surface area contributed by atoms with E-state index >= 15 is 0 Å². The summed E-state index contributed by atoms with van der Waals surface area (Å²) in [6.45, 7) is 7.29. The van der Waals surface area contributed by atoms with Gasteiger partial charge in [0.2, 0.25) is 0 Å². The molecule has 0 bridgehead atoms. The lowest BCUT2D eigenvalue weighted by molar-refractivity contribution is -0.274.